The average molecular weight is 541 g/mol. The molecule has 2 N–H and O–H groups in total. The number of halogens is 1. The Balaban J connectivity index is 1.95. The Bertz CT molecular complexity index is 1360. The molecular weight excluding hydrogens is 524 g/mol. The highest BCUT2D eigenvalue weighted by atomic mass is 79.9. The summed E-state index contributed by atoms with van der Waals surface area (Å²) in [5.41, 5.74) is -0.0865. The predicted octanol–water partition coefficient (Wildman–Crippen LogP) is 4.68. The lowest BCUT2D eigenvalue weighted by molar-refractivity contribution is -0.385. The minimum absolute atomic E-state index is 0.121. The van der Waals surface area contributed by atoms with Gasteiger partial charge in [0.05, 0.1) is 21.4 Å². The number of nitro benzene ring substituents is 2. The minimum Gasteiger partial charge on any atom is -0.496 e. The number of nitrogens with one attached hydrogen (secondary N) is 2. The number of carbonyl (C=O) groups excluding carboxylic acids is 2. The van der Waals surface area contributed by atoms with Crippen LogP contribution in [0.2, 0.25) is 0 Å². The maximum atomic E-state index is 13.0. The fraction of sp³-hybridized carbons (Fsp3) is 0.0435. The molecule has 35 heavy (non-hydrogen) atoms. The molecule has 12 heteroatoms. The van der Waals surface area contributed by atoms with Crippen LogP contribution < -0.4 is 15.4 Å². The lowest BCUT2D eigenvalue weighted by atomic mass is 10.1. The SMILES string of the molecule is COc1ccc(C(=O)NC(=Cc2cccc([N+](=O)[O-])c2)C(=O)Nc2cccc([N+](=O)[O-])c2)cc1Br. The summed E-state index contributed by atoms with van der Waals surface area (Å²) in [5.74, 6) is -0.936. The first-order chi connectivity index (χ1) is 16.7. The van der Waals surface area contributed by atoms with E-state index < -0.39 is 21.7 Å². The van der Waals surface area contributed by atoms with Gasteiger partial charge in [0.1, 0.15) is 11.4 Å². The van der Waals surface area contributed by atoms with Gasteiger partial charge in [0.2, 0.25) is 0 Å². The van der Waals surface area contributed by atoms with Crippen molar-refractivity contribution in [2.75, 3.05) is 12.4 Å². The average Bonchev–Trinajstić information content (AvgIpc) is 2.83. The van der Waals surface area contributed by atoms with Crippen LogP contribution in [-0.2, 0) is 4.79 Å². The van der Waals surface area contributed by atoms with E-state index in [2.05, 4.69) is 26.6 Å². The standard InChI is InChI=1S/C23H17BrN4O7/c1-35-21-9-8-15(12-19(21)24)22(29)26-20(11-14-4-2-6-17(10-14)27(31)32)23(30)25-16-5-3-7-18(13-16)28(33)34/h2-13H,1H3,(H,25,30)(H,26,29). The van der Waals surface area contributed by atoms with Crippen LogP contribution >= 0.6 is 15.9 Å². The molecule has 0 spiro atoms. The zero-order chi connectivity index (χ0) is 25.5. The Hall–Kier alpha value is -4.58. The van der Waals surface area contributed by atoms with Crippen LogP contribution in [0.25, 0.3) is 6.08 Å². The van der Waals surface area contributed by atoms with E-state index in [1.165, 1.54) is 67.8 Å². The number of nitro groups is 2. The van der Waals surface area contributed by atoms with E-state index in [0.29, 0.717) is 10.2 Å². The molecule has 0 aliphatic heterocycles. The van der Waals surface area contributed by atoms with Crippen molar-refractivity contribution in [3.63, 3.8) is 0 Å². The molecule has 0 aliphatic carbocycles. The Morgan fingerprint density at radius 3 is 2.23 bits per heavy atom. The van der Waals surface area contributed by atoms with Crippen molar-refractivity contribution in [2.45, 2.75) is 0 Å². The third-order valence-electron chi connectivity index (χ3n) is 4.61. The van der Waals surface area contributed by atoms with Crippen molar-refractivity contribution in [3.05, 3.63) is 108 Å². The number of carbonyl (C=O) groups is 2. The Labute approximate surface area is 206 Å². The topological polar surface area (TPSA) is 154 Å². The van der Waals surface area contributed by atoms with E-state index in [0.717, 1.165) is 6.07 Å². The summed E-state index contributed by atoms with van der Waals surface area (Å²) in [5, 5.41) is 27.1. The second kappa shape index (κ2) is 11.0. The van der Waals surface area contributed by atoms with Gasteiger partial charge in [-0.2, -0.15) is 0 Å². The molecular formula is C23H17BrN4O7. The second-order valence-electron chi connectivity index (χ2n) is 6.98. The Morgan fingerprint density at radius 2 is 1.60 bits per heavy atom. The zero-order valence-corrected chi connectivity index (χ0v) is 19.6. The largest absolute Gasteiger partial charge is 0.496 e. The van der Waals surface area contributed by atoms with Gasteiger partial charge in [-0.15, -0.1) is 0 Å². The highest BCUT2D eigenvalue weighted by molar-refractivity contribution is 9.10. The third kappa shape index (κ3) is 6.48. The highest BCUT2D eigenvalue weighted by Gasteiger charge is 2.18. The van der Waals surface area contributed by atoms with Crippen LogP contribution in [0.5, 0.6) is 5.75 Å². The molecule has 178 valence electrons. The number of nitrogens with zero attached hydrogens (tertiary/aromatic N) is 2. The third-order valence-corrected chi connectivity index (χ3v) is 5.23. The van der Waals surface area contributed by atoms with Crippen molar-refractivity contribution in [1.82, 2.24) is 5.32 Å². The van der Waals surface area contributed by atoms with E-state index in [4.69, 9.17) is 4.74 Å². The lowest BCUT2D eigenvalue weighted by Crippen LogP contribution is -2.30. The van der Waals surface area contributed by atoms with Gasteiger partial charge in [-0.05, 0) is 51.8 Å². The van der Waals surface area contributed by atoms with Gasteiger partial charge >= 0.3 is 0 Å². The zero-order valence-electron chi connectivity index (χ0n) is 18.1. The molecule has 0 bridgehead atoms. The maximum Gasteiger partial charge on any atom is 0.272 e. The van der Waals surface area contributed by atoms with E-state index >= 15 is 0 Å². The number of non-ortho nitro benzene ring substituents is 2. The maximum absolute atomic E-state index is 13.0. The van der Waals surface area contributed by atoms with E-state index in [-0.39, 0.29) is 33.9 Å². The normalized spacial score (nSPS) is 10.9. The van der Waals surface area contributed by atoms with Crippen LogP contribution in [0.15, 0.2) is 76.9 Å². The monoisotopic (exact) mass is 540 g/mol. The first kappa shape index (κ1) is 25.1. The van der Waals surface area contributed by atoms with Crippen molar-refractivity contribution >= 4 is 50.9 Å². The molecule has 0 saturated heterocycles. The van der Waals surface area contributed by atoms with Crippen molar-refractivity contribution < 1.29 is 24.2 Å². The molecule has 3 aromatic rings. The van der Waals surface area contributed by atoms with Gasteiger partial charge in [0.25, 0.3) is 23.2 Å². The summed E-state index contributed by atoms with van der Waals surface area (Å²) >= 11 is 3.29. The van der Waals surface area contributed by atoms with Gasteiger partial charge in [-0.25, -0.2) is 0 Å². The molecule has 3 rings (SSSR count). The predicted molar refractivity (Wildman–Crippen MR) is 131 cm³/mol. The fourth-order valence-corrected chi connectivity index (χ4v) is 3.49. The fourth-order valence-electron chi connectivity index (χ4n) is 2.95. The molecule has 11 nitrogen and oxygen atoms in total. The number of benzene rings is 3. The van der Waals surface area contributed by atoms with Gasteiger partial charge in [-0.1, -0.05) is 18.2 Å². The highest BCUT2D eigenvalue weighted by Crippen LogP contribution is 2.26. The number of ether oxygens (including phenoxy) is 1. The van der Waals surface area contributed by atoms with Crippen LogP contribution in [0, 0.1) is 20.2 Å². The second-order valence-corrected chi connectivity index (χ2v) is 7.83. The molecule has 0 fully saturated rings. The number of hydrogen-bond donors (Lipinski definition) is 2. The van der Waals surface area contributed by atoms with Gasteiger partial charge in [0.15, 0.2) is 0 Å². The molecule has 0 radical (unpaired) electrons. The summed E-state index contributed by atoms with van der Waals surface area (Å²) in [6.45, 7) is 0. The molecule has 3 aromatic carbocycles. The molecule has 2 amide bonds. The molecule has 0 aromatic heterocycles. The van der Waals surface area contributed by atoms with E-state index in [1.807, 2.05) is 0 Å². The minimum atomic E-state index is -0.794. The van der Waals surface area contributed by atoms with Crippen LogP contribution in [0.4, 0.5) is 17.1 Å². The van der Waals surface area contributed by atoms with Crippen LogP contribution in [0.3, 0.4) is 0 Å². The van der Waals surface area contributed by atoms with E-state index in [9.17, 15) is 29.8 Å². The molecule has 0 saturated carbocycles. The summed E-state index contributed by atoms with van der Waals surface area (Å²) in [7, 11) is 1.47. The molecule has 0 unspecified atom stereocenters. The van der Waals surface area contributed by atoms with Crippen molar-refractivity contribution in [2.24, 2.45) is 0 Å². The van der Waals surface area contributed by atoms with Gasteiger partial charge in [-0.3, -0.25) is 29.8 Å². The van der Waals surface area contributed by atoms with Crippen molar-refractivity contribution in [1.29, 1.82) is 0 Å². The number of hydrogen-bond acceptors (Lipinski definition) is 7. The van der Waals surface area contributed by atoms with Crippen LogP contribution in [-0.4, -0.2) is 28.8 Å². The van der Waals surface area contributed by atoms with Crippen molar-refractivity contribution in [3.8, 4) is 5.75 Å². The number of rotatable bonds is 8. The number of methoxy groups -OCH3 is 1. The van der Waals surface area contributed by atoms with Gasteiger partial charge in [0, 0.05) is 35.5 Å². The first-order valence-corrected chi connectivity index (χ1v) is 10.6. The number of amides is 2. The Kier molecular flexibility index (Phi) is 7.89. The van der Waals surface area contributed by atoms with E-state index in [1.54, 1.807) is 6.07 Å². The van der Waals surface area contributed by atoms with Crippen LogP contribution in [0.1, 0.15) is 15.9 Å². The first-order valence-electron chi connectivity index (χ1n) is 9.85. The molecule has 0 atom stereocenters. The Morgan fingerprint density at radius 1 is 0.943 bits per heavy atom. The smallest absolute Gasteiger partial charge is 0.272 e. The van der Waals surface area contributed by atoms with Gasteiger partial charge < -0.3 is 15.4 Å². The summed E-state index contributed by atoms with van der Waals surface area (Å²) < 4.78 is 5.66. The summed E-state index contributed by atoms with van der Waals surface area (Å²) in [6, 6.07) is 15.3. The summed E-state index contributed by atoms with van der Waals surface area (Å²) in [6.07, 6.45) is 1.26. The summed E-state index contributed by atoms with van der Waals surface area (Å²) in [4.78, 5) is 46.9. The molecule has 0 aliphatic rings. The lowest BCUT2D eigenvalue weighted by Gasteiger charge is -2.12. The number of anilines is 1. The quantitative estimate of drug-likeness (QED) is 0.238. The molecule has 0 heterocycles.